The van der Waals surface area contributed by atoms with Gasteiger partial charge in [0, 0.05) is 12.6 Å². The molecule has 0 bridgehead atoms. The van der Waals surface area contributed by atoms with Crippen LogP contribution in [0.25, 0.3) is 0 Å². The minimum absolute atomic E-state index is 0.0499. The number of hydrogen-bond donors (Lipinski definition) is 1. The van der Waals surface area contributed by atoms with Crippen LogP contribution in [0.15, 0.2) is 77.7 Å². The largest absolute Gasteiger partial charge is 0.497 e. The number of rotatable bonds is 9. The number of amides is 1. The van der Waals surface area contributed by atoms with E-state index in [4.69, 9.17) is 9.47 Å². The highest BCUT2D eigenvalue weighted by atomic mass is 32.2. The normalized spacial score (nSPS) is 11.2. The average molecular weight is 459 g/mol. The molecule has 0 atom stereocenters. The molecule has 7 nitrogen and oxygen atoms in total. The van der Waals surface area contributed by atoms with Crippen LogP contribution in [0, 0.1) is 5.82 Å². The van der Waals surface area contributed by atoms with E-state index in [1.54, 1.807) is 36.4 Å². The summed E-state index contributed by atoms with van der Waals surface area (Å²) in [4.78, 5) is 12.9. The molecular formula is C23H23FN2O5S. The van der Waals surface area contributed by atoms with Crippen molar-refractivity contribution >= 4 is 21.6 Å². The van der Waals surface area contributed by atoms with Gasteiger partial charge in [0.05, 0.1) is 31.3 Å². The van der Waals surface area contributed by atoms with Crippen molar-refractivity contribution < 1.29 is 27.1 Å². The number of halogens is 1. The van der Waals surface area contributed by atoms with Crippen LogP contribution in [-0.2, 0) is 21.4 Å². The molecule has 0 fully saturated rings. The summed E-state index contributed by atoms with van der Waals surface area (Å²) in [6.07, 6.45) is 0. The van der Waals surface area contributed by atoms with E-state index >= 15 is 0 Å². The Hall–Kier alpha value is -3.43. The maximum Gasteiger partial charge on any atom is 0.243 e. The lowest BCUT2D eigenvalue weighted by Crippen LogP contribution is -2.37. The van der Waals surface area contributed by atoms with E-state index in [-0.39, 0.29) is 11.4 Å². The summed E-state index contributed by atoms with van der Waals surface area (Å²) in [5.74, 6) is -0.108. The van der Waals surface area contributed by atoms with Crippen molar-refractivity contribution in [1.82, 2.24) is 4.31 Å². The Kier molecular flexibility index (Phi) is 7.45. The van der Waals surface area contributed by atoms with Gasteiger partial charge in [-0.3, -0.25) is 4.79 Å². The minimum atomic E-state index is -4.00. The van der Waals surface area contributed by atoms with Crippen LogP contribution in [0.4, 0.5) is 10.1 Å². The molecule has 9 heteroatoms. The van der Waals surface area contributed by atoms with Gasteiger partial charge in [-0.2, -0.15) is 4.31 Å². The topological polar surface area (TPSA) is 84.9 Å². The Morgan fingerprint density at radius 1 is 0.969 bits per heavy atom. The van der Waals surface area contributed by atoms with E-state index < -0.39 is 28.3 Å². The number of ether oxygens (including phenoxy) is 2. The third-order valence-corrected chi connectivity index (χ3v) is 6.46. The van der Waals surface area contributed by atoms with Crippen LogP contribution in [-0.4, -0.2) is 39.4 Å². The highest BCUT2D eigenvalue weighted by Crippen LogP contribution is 2.29. The molecule has 0 aliphatic rings. The van der Waals surface area contributed by atoms with Crippen molar-refractivity contribution in [3.63, 3.8) is 0 Å². The Balaban J connectivity index is 1.88. The average Bonchev–Trinajstić information content (AvgIpc) is 2.80. The zero-order valence-electron chi connectivity index (χ0n) is 17.6. The molecule has 0 unspecified atom stereocenters. The first-order valence-electron chi connectivity index (χ1n) is 9.65. The minimum Gasteiger partial charge on any atom is -0.497 e. The number of carbonyl (C=O) groups is 1. The lowest BCUT2D eigenvalue weighted by Gasteiger charge is -2.22. The molecule has 1 amide bonds. The highest BCUT2D eigenvalue weighted by Gasteiger charge is 2.27. The summed E-state index contributed by atoms with van der Waals surface area (Å²) in [5.41, 5.74) is 0.883. The zero-order chi connectivity index (χ0) is 23.1. The predicted octanol–water partition coefficient (Wildman–Crippen LogP) is 3.67. The third kappa shape index (κ3) is 5.63. The van der Waals surface area contributed by atoms with Gasteiger partial charge in [0.25, 0.3) is 0 Å². The lowest BCUT2D eigenvalue weighted by atomic mass is 10.2. The number of methoxy groups -OCH3 is 2. The van der Waals surface area contributed by atoms with E-state index in [0.717, 1.165) is 4.31 Å². The van der Waals surface area contributed by atoms with Crippen molar-refractivity contribution in [3.8, 4) is 11.5 Å². The molecule has 0 aliphatic heterocycles. The lowest BCUT2D eigenvalue weighted by molar-refractivity contribution is -0.116. The summed E-state index contributed by atoms with van der Waals surface area (Å²) in [7, 11) is -1.06. The van der Waals surface area contributed by atoms with Crippen molar-refractivity contribution in [2.45, 2.75) is 11.4 Å². The van der Waals surface area contributed by atoms with E-state index in [2.05, 4.69) is 5.32 Å². The Morgan fingerprint density at radius 3 is 2.28 bits per heavy atom. The van der Waals surface area contributed by atoms with Gasteiger partial charge in [-0.15, -0.1) is 0 Å². The first-order valence-corrected chi connectivity index (χ1v) is 11.1. The second-order valence-electron chi connectivity index (χ2n) is 6.83. The first kappa shape index (κ1) is 23.2. The number of sulfonamides is 1. The summed E-state index contributed by atoms with van der Waals surface area (Å²) in [6, 6.07) is 18.1. The number of hydrogen-bond acceptors (Lipinski definition) is 5. The van der Waals surface area contributed by atoms with Gasteiger partial charge in [0.1, 0.15) is 17.3 Å². The fourth-order valence-electron chi connectivity index (χ4n) is 3.02. The second-order valence-corrected chi connectivity index (χ2v) is 8.76. The highest BCUT2D eigenvalue weighted by molar-refractivity contribution is 7.89. The molecule has 0 heterocycles. The number of nitrogens with zero attached hydrogens (tertiary/aromatic N) is 1. The van der Waals surface area contributed by atoms with Crippen LogP contribution in [0.3, 0.4) is 0 Å². The Morgan fingerprint density at radius 2 is 1.66 bits per heavy atom. The molecule has 32 heavy (non-hydrogen) atoms. The van der Waals surface area contributed by atoms with E-state index in [9.17, 15) is 17.6 Å². The zero-order valence-corrected chi connectivity index (χ0v) is 18.4. The Labute approximate surface area is 186 Å². The van der Waals surface area contributed by atoms with Crippen LogP contribution in [0.2, 0.25) is 0 Å². The van der Waals surface area contributed by atoms with Gasteiger partial charge in [0.15, 0.2) is 0 Å². The van der Waals surface area contributed by atoms with E-state index in [1.165, 1.54) is 50.6 Å². The first-order chi connectivity index (χ1) is 15.3. The summed E-state index contributed by atoms with van der Waals surface area (Å²) in [5, 5.41) is 2.68. The SMILES string of the molecule is COc1ccc(OC)c(NC(=O)CN(Cc2ccc(F)cc2)S(=O)(=O)c2ccccc2)c1. The molecule has 0 radical (unpaired) electrons. The standard InChI is InChI=1S/C23H23FN2O5S/c1-30-19-12-13-22(31-2)21(14-19)25-23(27)16-26(15-17-8-10-18(24)11-9-17)32(28,29)20-6-4-3-5-7-20/h3-14H,15-16H2,1-2H3,(H,25,27). The van der Waals surface area contributed by atoms with Gasteiger partial charge in [-0.25, -0.2) is 12.8 Å². The third-order valence-electron chi connectivity index (χ3n) is 4.65. The van der Waals surface area contributed by atoms with Gasteiger partial charge in [0.2, 0.25) is 15.9 Å². The fourth-order valence-corrected chi connectivity index (χ4v) is 4.43. The molecule has 0 saturated carbocycles. The van der Waals surface area contributed by atoms with E-state index in [0.29, 0.717) is 22.7 Å². The second kappa shape index (κ2) is 10.3. The maximum atomic E-state index is 13.3. The van der Waals surface area contributed by atoms with Crippen molar-refractivity contribution in [2.24, 2.45) is 0 Å². The quantitative estimate of drug-likeness (QED) is 0.529. The van der Waals surface area contributed by atoms with Crippen LogP contribution in [0.1, 0.15) is 5.56 Å². The molecule has 3 aromatic rings. The smallest absolute Gasteiger partial charge is 0.243 e. The van der Waals surface area contributed by atoms with Gasteiger partial charge in [-0.1, -0.05) is 30.3 Å². The van der Waals surface area contributed by atoms with Crippen LogP contribution < -0.4 is 14.8 Å². The number of nitrogens with one attached hydrogen (secondary N) is 1. The molecule has 3 rings (SSSR count). The summed E-state index contributed by atoms with van der Waals surface area (Å²) >= 11 is 0. The van der Waals surface area contributed by atoms with Crippen LogP contribution in [0.5, 0.6) is 11.5 Å². The molecule has 1 N–H and O–H groups in total. The van der Waals surface area contributed by atoms with E-state index in [1.807, 2.05) is 0 Å². The predicted molar refractivity (Wildman–Crippen MR) is 119 cm³/mol. The molecule has 0 saturated heterocycles. The molecule has 0 aromatic heterocycles. The number of carbonyl (C=O) groups excluding carboxylic acids is 1. The Bertz CT molecular complexity index is 1170. The van der Waals surface area contributed by atoms with Gasteiger partial charge < -0.3 is 14.8 Å². The molecule has 0 spiro atoms. The molecule has 3 aromatic carbocycles. The molecular weight excluding hydrogens is 435 g/mol. The summed E-state index contributed by atoms with van der Waals surface area (Å²) in [6.45, 7) is -0.574. The van der Waals surface area contributed by atoms with Gasteiger partial charge >= 0.3 is 0 Å². The number of benzene rings is 3. The number of anilines is 1. The maximum absolute atomic E-state index is 13.3. The van der Waals surface area contributed by atoms with Crippen molar-refractivity contribution in [2.75, 3.05) is 26.1 Å². The molecule has 0 aliphatic carbocycles. The summed E-state index contributed by atoms with van der Waals surface area (Å²) < 4.78 is 51.2. The molecule has 168 valence electrons. The fraction of sp³-hybridized carbons (Fsp3) is 0.174. The monoisotopic (exact) mass is 458 g/mol. The van der Waals surface area contributed by atoms with Gasteiger partial charge in [-0.05, 0) is 42.0 Å². The van der Waals surface area contributed by atoms with Crippen LogP contribution >= 0.6 is 0 Å². The van der Waals surface area contributed by atoms with Crippen molar-refractivity contribution in [1.29, 1.82) is 0 Å². The van der Waals surface area contributed by atoms with Crippen molar-refractivity contribution in [3.05, 3.63) is 84.2 Å².